The molecule has 0 aliphatic rings. The van der Waals surface area contributed by atoms with Gasteiger partial charge >= 0.3 is 0 Å². The third-order valence-corrected chi connectivity index (χ3v) is 1.06. The SMILES string of the molecule is CC(=O)CCCC(C)=O.[Ca]. The van der Waals surface area contributed by atoms with Crippen molar-refractivity contribution in [2.45, 2.75) is 33.1 Å². The summed E-state index contributed by atoms with van der Waals surface area (Å²) in [7, 11) is 0. The summed E-state index contributed by atoms with van der Waals surface area (Å²) in [5.41, 5.74) is 0. The quantitative estimate of drug-likeness (QED) is 0.586. The largest absolute Gasteiger partial charge is 0.300 e. The van der Waals surface area contributed by atoms with Crippen LogP contribution in [0.1, 0.15) is 33.1 Å². The molecule has 0 atom stereocenters. The van der Waals surface area contributed by atoms with Gasteiger partial charge in [-0.05, 0) is 20.3 Å². The summed E-state index contributed by atoms with van der Waals surface area (Å²) in [5, 5.41) is 0. The molecule has 54 valence electrons. The number of ketones is 2. The van der Waals surface area contributed by atoms with Crippen LogP contribution in [0.2, 0.25) is 0 Å². The normalized spacial score (nSPS) is 8.20. The van der Waals surface area contributed by atoms with E-state index in [1.165, 1.54) is 0 Å². The van der Waals surface area contributed by atoms with E-state index in [0.29, 0.717) is 19.3 Å². The molecule has 0 bridgehead atoms. The Labute approximate surface area is 91.4 Å². The Morgan fingerprint density at radius 2 is 1.30 bits per heavy atom. The maximum absolute atomic E-state index is 10.3. The Balaban J connectivity index is 0. The first-order chi connectivity index (χ1) is 4.13. The maximum atomic E-state index is 10.3. The van der Waals surface area contributed by atoms with Crippen LogP contribution >= 0.6 is 0 Å². The summed E-state index contributed by atoms with van der Waals surface area (Å²) in [5.74, 6) is 0.326. The van der Waals surface area contributed by atoms with Gasteiger partial charge in [-0.25, -0.2) is 0 Å². The Bertz CT molecular complexity index is 107. The van der Waals surface area contributed by atoms with Crippen LogP contribution in [0.4, 0.5) is 0 Å². The molecule has 3 heteroatoms. The van der Waals surface area contributed by atoms with Gasteiger partial charge in [0, 0.05) is 50.6 Å². The molecule has 10 heavy (non-hydrogen) atoms. The van der Waals surface area contributed by atoms with E-state index in [0.717, 1.165) is 0 Å². The summed E-state index contributed by atoms with van der Waals surface area (Å²) in [6.07, 6.45) is 1.80. The molecule has 0 aliphatic carbocycles. The van der Waals surface area contributed by atoms with E-state index in [2.05, 4.69) is 0 Å². The topological polar surface area (TPSA) is 34.1 Å². The van der Waals surface area contributed by atoms with E-state index in [1.807, 2.05) is 0 Å². The summed E-state index contributed by atoms with van der Waals surface area (Å²) >= 11 is 0. The van der Waals surface area contributed by atoms with Gasteiger partial charge in [0.05, 0.1) is 0 Å². The number of rotatable bonds is 4. The van der Waals surface area contributed by atoms with Crippen molar-refractivity contribution in [3.8, 4) is 0 Å². The first kappa shape index (κ1) is 13.2. The van der Waals surface area contributed by atoms with Crippen molar-refractivity contribution in [2.75, 3.05) is 0 Å². The molecule has 2 nitrogen and oxygen atoms in total. The van der Waals surface area contributed by atoms with Crippen LogP contribution < -0.4 is 0 Å². The third-order valence-electron chi connectivity index (χ3n) is 1.06. The van der Waals surface area contributed by atoms with E-state index in [-0.39, 0.29) is 49.3 Å². The predicted octanol–water partition coefficient (Wildman–Crippen LogP) is 0.954. The molecular formula is C7H12CaO2. The maximum Gasteiger partial charge on any atom is 0.129 e. The molecule has 0 aromatic carbocycles. The Hall–Kier alpha value is 0.600. The minimum absolute atomic E-state index is 0. The number of carbonyl (C=O) groups is 2. The smallest absolute Gasteiger partial charge is 0.129 e. The molecule has 0 heterocycles. The van der Waals surface area contributed by atoms with Crippen LogP contribution in [0.5, 0.6) is 0 Å². The fourth-order valence-electron chi connectivity index (χ4n) is 0.586. The molecule has 0 aromatic rings. The standard InChI is InChI=1S/C7H12O2.Ca/c1-6(8)4-3-5-7(2)9;/h3-5H2,1-2H3;. The minimum Gasteiger partial charge on any atom is -0.300 e. The average Bonchev–Trinajstić information content (AvgIpc) is 1.63. The number of Topliss-reactive ketones (excluding diaryl/α,β-unsaturated/α-hetero) is 2. The first-order valence-electron chi connectivity index (χ1n) is 3.12. The van der Waals surface area contributed by atoms with E-state index >= 15 is 0 Å². The predicted molar refractivity (Wildman–Crippen MR) is 41.0 cm³/mol. The Kier molecular flexibility index (Phi) is 10.2. The molecule has 0 saturated heterocycles. The van der Waals surface area contributed by atoms with Crippen LogP contribution in [0.3, 0.4) is 0 Å². The van der Waals surface area contributed by atoms with Crippen molar-refractivity contribution < 1.29 is 9.59 Å². The summed E-state index contributed by atoms with van der Waals surface area (Å²) in [6, 6.07) is 0. The number of hydrogen-bond acceptors (Lipinski definition) is 2. The second kappa shape index (κ2) is 7.70. The molecule has 0 spiro atoms. The van der Waals surface area contributed by atoms with Gasteiger partial charge in [0.1, 0.15) is 11.6 Å². The molecule has 0 aromatic heterocycles. The zero-order valence-electron chi connectivity index (χ0n) is 6.64. The molecule has 0 fully saturated rings. The average molecular weight is 168 g/mol. The van der Waals surface area contributed by atoms with Gasteiger partial charge < -0.3 is 9.59 Å². The van der Waals surface area contributed by atoms with Crippen molar-refractivity contribution >= 4 is 49.3 Å². The monoisotopic (exact) mass is 168 g/mol. The van der Waals surface area contributed by atoms with Gasteiger partial charge in [-0.15, -0.1) is 0 Å². The van der Waals surface area contributed by atoms with Gasteiger partial charge in [-0.2, -0.15) is 0 Å². The van der Waals surface area contributed by atoms with Crippen molar-refractivity contribution in [3.05, 3.63) is 0 Å². The Morgan fingerprint density at radius 3 is 1.50 bits per heavy atom. The second-order valence-electron chi connectivity index (χ2n) is 2.26. The molecular weight excluding hydrogens is 156 g/mol. The first-order valence-corrected chi connectivity index (χ1v) is 3.12. The van der Waals surface area contributed by atoms with Crippen molar-refractivity contribution in [1.82, 2.24) is 0 Å². The minimum atomic E-state index is 0. The molecule has 0 saturated carbocycles. The van der Waals surface area contributed by atoms with Crippen LogP contribution in [-0.2, 0) is 9.59 Å². The summed E-state index contributed by atoms with van der Waals surface area (Å²) in [6.45, 7) is 3.08. The number of carbonyl (C=O) groups excluding carboxylic acids is 2. The van der Waals surface area contributed by atoms with Gasteiger partial charge in [0.25, 0.3) is 0 Å². The van der Waals surface area contributed by atoms with Crippen LogP contribution in [0.25, 0.3) is 0 Å². The van der Waals surface area contributed by atoms with Crippen molar-refractivity contribution in [3.63, 3.8) is 0 Å². The molecule has 0 unspecified atom stereocenters. The van der Waals surface area contributed by atoms with Gasteiger partial charge in [0.15, 0.2) is 0 Å². The van der Waals surface area contributed by atoms with Gasteiger partial charge in [0.2, 0.25) is 0 Å². The van der Waals surface area contributed by atoms with Crippen LogP contribution in [-0.4, -0.2) is 49.3 Å². The summed E-state index contributed by atoms with van der Waals surface area (Å²) in [4.78, 5) is 20.6. The Morgan fingerprint density at radius 1 is 1.00 bits per heavy atom. The van der Waals surface area contributed by atoms with Gasteiger partial charge in [-0.3, -0.25) is 0 Å². The fourth-order valence-corrected chi connectivity index (χ4v) is 0.586. The molecule has 2 radical (unpaired) electrons. The van der Waals surface area contributed by atoms with E-state index < -0.39 is 0 Å². The van der Waals surface area contributed by atoms with Crippen LogP contribution in [0, 0.1) is 0 Å². The molecule has 0 rings (SSSR count). The molecule has 0 N–H and O–H groups in total. The zero-order valence-corrected chi connectivity index (χ0v) is 8.85. The summed E-state index contributed by atoms with van der Waals surface area (Å²) < 4.78 is 0. The van der Waals surface area contributed by atoms with E-state index in [9.17, 15) is 9.59 Å². The van der Waals surface area contributed by atoms with Gasteiger partial charge in [-0.1, -0.05) is 0 Å². The zero-order chi connectivity index (χ0) is 7.28. The molecule has 0 amide bonds. The fraction of sp³-hybridized carbons (Fsp3) is 0.714. The van der Waals surface area contributed by atoms with E-state index in [4.69, 9.17) is 0 Å². The van der Waals surface area contributed by atoms with Crippen LogP contribution in [0.15, 0.2) is 0 Å². The molecule has 0 aliphatic heterocycles. The third kappa shape index (κ3) is 11.4. The number of hydrogen-bond donors (Lipinski definition) is 0. The second-order valence-corrected chi connectivity index (χ2v) is 2.26. The van der Waals surface area contributed by atoms with Crippen molar-refractivity contribution in [2.24, 2.45) is 0 Å². The van der Waals surface area contributed by atoms with E-state index in [1.54, 1.807) is 13.8 Å². The van der Waals surface area contributed by atoms with Crippen molar-refractivity contribution in [1.29, 1.82) is 0 Å².